The number of halogens is 3. The van der Waals surface area contributed by atoms with E-state index in [1.54, 1.807) is 39.0 Å². The molecule has 0 bridgehead atoms. The number of aryl methyl sites for hydroxylation is 1. The number of hydrogen-bond acceptors (Lipinski definition) is 8. The normalized spacial score (nSPS) is 14.6. The molecule has 1 heterocycles. The maximum absolute atomic E-state index is 12.2. The Labute approximate surface area is 238 Å². The summed E-state index contributed by atoms with van der Waals surface area (Å²) < 4.78 is 45.7. The Balaban J connectivity index is 0.000000296. The summed E-state index contributed by atoms with van der Waals surface area (Å²) >= 11 is 0. The number of hydrogen-bond donors (Lipinski definition) is 3. The third-order valence-corrected chi connectivity index (χ3v) is 5.82. The summed E-state index contributed by atoms with van der Waals surface area (Å²) in [7, 11) is 1.98. The lowest BCUT2D eigenvalue weighted by atomic mass is 10.1. The number of nitrogens with one attached hydrogen (secondary N) is 2. The number of aldehydes is 1. The van der Waals surface area contributed by atoms with Gasteiger partial charge in [-0.15, -0.1) is 13.2 Å². The Morgan fingerprint density at radius 3 is 2.34 bits per heavy atom. The van der Waals surface area contributed by atoms with Crippen LogP contribution in [0.5, 0.6) is 11.5 Å². The molecule has 3 rings (SSSR count). The lowest BCUT2D eigenvalue weighted by Crippen LogP contribution is -2.38. The van der Waals surface area contributed by atoms with Gasteiger partial charge in [-0.2, -0.15) is 0 Å². The van der Waals surface area contributed by atoms with E-state index in [4.69, 9.17) is 4.74 Å². The fourth-order valence-corrected chi connectivity index (χ4v) is 3.51. The summed E-state index contributed by atoms with van der Waals surface area (Å²) in [5.41, 5.74) is -1.11. The van der Waals surface area contributed by atoms with E-state index in [1.165, 1.54) is 45.0 Å². The highest BCUT2D eigenvalue weighted by atomic mass is 19.4. The van der Waals surface area contributed by atoms with Gasteiger partial charge in [-0.05, 0) is 96.7 Å². The zero-order chi connectivity index (χ0) is 30.8. The monoisotopic (exact) mass is 580 g/mol. The first-order chi connectivity index (χ1) is 19.0. The zero-order valence-corrected chi connectivity index (χ0v) is 24.2. The van der Waals surface area contributed by atoms with Gasteiger partial charge in [-0.25, -0.2) is 9.98 Å². The number of nitrogens with zero attached hydrogens (tertiary/aromatic N) is 2. The van der Waals surface area contributed by atoms with E-state index in [9.17, 15) is 27.9 Å². The topological polar surface area (TPSA) is 122 Å². The van der Waals surface area contributed by atoms with E-state index in [0.29, 0.717) is 29.3 Å². The van der Waals surface area contributed by atoms with Crippen LogP contribution in [0.2, 0.25) is 0 Å². The van der Waals surface area contributed by atoms with Crippen LogP contribution in [0.1, 0.15) is 62.9 Å². The minimum absolute atomic E-state index is 0.130. The van der Waals surface area contributed by atoms with Crippen LogP contribution in [0.3, 0.4) is 0 Å². The number of carbonyl (C=O) groups is 2. The molecule has 3 N–H and O–H groups in total. The van der Waals surface area contributed by atoms with E-state index in [0.717, 1.165) is 12.3 Å². The van der Waals surface area contributed by atoms with Crippen LogP contribution in [-0.2, 0) is 4.79 Å². The quantitative estimate of drug-likeness (QED) is 0.241. The van der Waals surface area contributed by atoms with Crippen LogP contribution in [0.15, 0.2) is 41.5 Å². The SMILES string of the molecule is CNC(CC=Nc1ccc(C(=O)NCC(C)(C)O)cn1)C1CC1.Cc1ccc(OC(C)(C)C=O)c(OC(F)(F)F)c1. The molecule has 12 heteroatoms. The number of amides is 1. The zero-order valence-electron chi connectivity index (χ0n) is 24.2. The predicted octanol–water partition coefficient (Wildman–Crippen LogP) is 4.92. The molecule has 1 fully saturated rings. The average molecular weight is 581 g/mol. The van der Waals surface area contributed by atoms with Gasteiger partial charge in [0, 0.05) is 25.0 Å². The Morgan fingerprint density at radius 2 is 1.83 bits per heavy atom. The number of rotatable bonds is 12. The number of aliphatic hydroxyl groups is 1. The fourth-order valence-electron chi connectivity index (χ4n) is 3.51. The number of benzene rings is 1. The van der Waals surface area contributed by atoms with Crippen molar-refractivity contribution in [3.8, 4) is 11.5 Å². The minimum Gasteiger partial charge on any atom is -0.477 e. The lowest BCUT2D eigenvalue weighted by Gasteiger charge is -2.22. The Kier molecular flexibility index (Phi) is 11.8. The van der Waals surface area contributed by atoms with Crippen molar-refractivity contribution in [2.45, 2.75) is 77.5 Å². The van der Waals surface area contributed by atoms with E-state index >= 15 is 0 Å². The first-order valence-corrected chi connectivity index (χ1v) is 13.2. The molecule has 0 aliphatic heterocycles. The van der Waals surface area contributed by atoms with Crippen LogP contribution in [0, 0.1) is 12.8 Å². The summed E-state index contributed by atoms with van der Waals surface area (Å²) in [6, 6.07) is 8.01. The van der Waals surface area contributed by atoms with Gasteiger partial charge in [0.25, 0.3) is 5.91 Å². The standard InChI is InChI=1S/C17H26N4O2.C12H13F3O3/c1-17(2,23)11-21-16(22)13-6-7-15(20-10-13)19-9-8-14(18-3)12-4-5-12;1-8-4-5-9(17-11(2,3)7-16)10(6-8)18-12(13,14)15/h6-7,9-10,12,14,18,23H,4-5,8,11H2,1-3H3,(H,21,22);4-7H,1-3H3. The molecular formula is C29H39F3N4O5. The van der Waals surface area contributed by atoms with E-state index in [-0.39, 0.29) is 18.2 Å². The molecule has 0 spiro atoms. The van der Waals surface area contributed by atoms with Crippen LogP contribution < -0.4 is 20.1 Å². The van der Waals surface area contributed by atoms with Crippen molar-refractivity contribution in [2.24, 2.45) is 10.9 Å². The number of alkyl halides is 3. The molecule has 2 aromatic rings. The second-order valence-electron chi connectivity index (χ2n) is 11.0. The first-order valence-electron chi connectivity index (χ1n) is 13.2. The molecule has 226 valence electrons. The molecule has 1 aliphatic carbocycles. The second kappa shape index (κ2) is 14.4. The molecule has 1 aromatic carbocycles. The smallest absolute Gasteiger partial charge is 0.477 e. The highest BCUT2D eigenvalue weighted by molar-refractivity contribution is 5.94. The van der Waals surface area contributed by atoms with Crippen LogP contribution >= 0.6 is 0 Å². The van der Waals surface area contributed by atoms with Crippen molar-refractivity contribution < 1.29 is 37.3 Å². The molecule has 1 aromatic heterocycles. The molecule has 0 radical (unpaired) electrons. The summed E-state index contributed by atoms with van der Waals surface area (Å²) in [6.45, 7) is 7.98. The van der Waals surface area contributed by atoms with Crippen LogP contribution in [0.25, 0.3) is 0 Å². The van der Waals surface area contributed by atoms with Gasteiger partial charge in [0.1, 0.15) is 0 Å². The van der Waals surface area contributed by atoms with Gasteiger partial charge in [0.15, 0.2) is 29.2 Å². The van der Waals surface area contributed by atoms with Crippen molar-refractivity contribution in [2.75, 3.05) is 13.6 Å². The Morgan fingerprint density at radius 1 is 1.15 bits per heavy atom. The van der Waals surface area contributed by atoms with Crippen molar-refractivity contribution in [1.29, 1.82) is 0 Å². The summed E-state index contributed by atoms with van der Waals surface area (Å²) in [5, 5.41) is 15.6. The van der Waals surface area contributed by atoms with Crippen molar-refractivity contribution in [3.05, 3.63) is 47.7 Å². The molecule has 1 saturated carbocycles. The largest absolute Gasteiger partial charge is 0.573 e. The van der Waals surface area contributed by atoms with Crippen LogP contribution in [0.4, 0.5) is 19.0 Å². The number of ether oxygens (including phenoxy) is 2. The maximum atomic E-state index is 12.2. The molecule has 1 unspecified atom stereocenters. The third-order valence-electron chi connectivity index (χ3n) is 5.82. The molecule has 1 atom stereocenters. The predicted molar refractivity (Wildman–Crippen MR) is 150 cm³/mol. The van der Waals surface area contributed by atoms with Crippen molar-refractivity contribution in [1.82, 2.24) is 15.6 Å². The second-order valence-corrected chi connectivity index (χ2v) is 11.0. The average Bonchev–Trinajstić information content (AvgIpc) is 3.72. The van der Waals surface area contributed by atoms with E-state index < -0.39 is 23.3 Å². The molecule has 1 amide bonds. The number of aliphatic imine (C=N–C) groups is 1. The molecular weight excluding hydrogens is 541 g/mol. The van der Waals surface area contributed by atoms with Crippen molar-refractivity contribution >= 4 is 24.2 Å². The van der Waals surface area contributed by atoms with Gasteiger partial charge in [0.2, 0.25) is 0 Å². The van der Waals surface area contributed by atoms with Gasteiger partial charge in [0.05, 0.1) is 11.2 Å². The Hall–Kier alpha value is -3.51. The van der Waals surface area contributed by atoms with Gasteiger partial charge >= 0.3 is 6.36 Å². The van der Waals surface area contributed by atoms with E-state index in [1.807, 2.05) is 13.3 Å². The first kappa shape index (κ1) is 33.7. The molecule has 41 heavy (non-hydrogen) atoms. The number of carbonyl (C=O) groups excluding carboxylic acids is 2. The fraction of sp³-hybridized carbons (Fsp3) is 0.517. The van der Waals surface area contributed by atoms with Gasteiger partial charge in [-0.3, -0.25) is 9.59 Å². The summed E-state index contributed by atoms with van der Waals surface area (Å²) in [6.07, 6.45) is 2.56. The van der Waals surface area contributed by atoms with Crippen LogP contribution in [-0.4, -0.2) is 65.7 Å². The molecule has 9 nitrogen and oxygen atoms in total. The summed E-state index contributed by atoms with van der Waals surface area (Å²) in [4.78, 5) is 31.2. The van der Waals surface area contributed by atoms with Crippen molar-refractivity contribution in [3.63, 3.8) is 0 Å². The maximum Gasteiger partial charge on any atom is 0.573 e. The number of pyridine rings is 1. The lowest BCUT2D eigenvalue weighted by molar-refractivity contribution is -0.275. The molecule has 0 saturated heterocycles. The van der Waals surface area contributed by atoms with Gasteiger partial charge < -0.3 is 25.2 Å². The third kappa shape index (κ3) is 13.1. The Bertz CT molecular complexity index is 1170. The minimum atomic E-state index is -4.81. The molecule has 1 aliphatic rings. The highest BCUT2D eigenvalue weighted by Gasteiger charge is 2.33. The van der Waals surface area contributed by atoms with Gasteiger partial charge in [-0.1, -0.05) is 6.07 Å². The number of aromatic nitrogens is 1. The highest BCUT2D eigenvalue weighted by Crippen LogP contribution is 2.35. The summed E-state index contributed by atoms with van der Waals surface area (Å²) in [5.74, 6) is 0.530. The van der Waals surface area contributed by atoms with E-state index in [2.05, 4.69) is 25.3 Å².